The molecule has 1 aromatic carbocycles. The molecule has 8 nitrogen and oxygen atoms in total. The van der Waals surface area contributed by atoms with Crippen LogP contribution in [0.1, 0.15) is 37.0 Å². The molecule has 3 rings (SSSR count). The largest absolute Gasteiger partial charge is 1.00 e. The zero-order valence-corrected chi connectivity index (χ0v) is 17.4. The van der Waals surface area contributed by atoms with Crippen LogP contribution in [0.4, 0.5) is 0 Å². The third kappa shape index (κ3) is 3.54. The van der Waals surface area contributed by atoms with E-state index >= 15 is 0 Å². The van der Waals surface area contributed by atoms with Crippen molar-refractivity contribution in [2.24, 2.45) is 0 Å². The van der Waals surface area contributed by atoms with Gasteiger partial charge in [-0.1, -0.05) is 12.1 Å². The molecule has 1 aromatic rings. The fourth-order valence-corrected chi connectivity index (χ4v) is 4.42. The quantitative estimate of drug-likeness (QED) is 0.318. The summed E-state index contributed by atoms with van der Waals surface area (Å²) in [7, 11) is -4.39. The van der Waals surface area contributed by atoms with Gasteiger partial charge in [0.1, 0.15) is 16.4 Å². The van der Waals surface area contributed by atoms with Gasteiger partial charge in [0.25, 0.3) is 0 Å². The number of aliphatic carboxylic acids is 1. The van der Waals surface area contributed by atoms with E-state index in [4.69, 9.17) is 4.18 Å². The molecule has 2 unspecified atom stereocenters. The molecule has 134 valence electrons. The summed E-state index contributed by atoms with van der Waals surface area (Å²) in [6.07, 6.45) is -0.939. The maximum absolute atomic E-state index is 12.7. The molecule has 0 aromatic heterocycles. The Bertz CT molecular complexity index is 907. The smallest absolute Gasteiger partial charge is 0.543 e. The third-order valence-electron chi connectivity index (χ3n) is 4.26. The Morgan fingerprint density at radius 1 is 1.38 bits per heavy atom. The summed E-state index contributed by atoms with van der Waals surface area (Å²) in [5.74, 6) is -2.41. The van der Waals surface area contributed by atoms with Crippen LogP contribution in [0.25, 0.3) is 0 Å². The fourth-order valence-electron chi connectivity index (χ4n) is 3.06. The van der Waals surface area contributed by atoms with E-state index in [1.54, 1.807) is 13.0 Å². The molecule has 1 saturated heterocycles. The minimum atomic E-state index is -4.39. The Labute approximate surface area is 172 Å². The number of amides is 1. The Morgan fingerprint density at radius 2 is 2.04 bits per heavy atom. The van der Waals surface area contributed by atoms with Crippen LogP contribution in [0.2, 0.25) is 0 Å². The molecule has 2 atom stereocenters. The van der Waals surface area contributed by atoms with E-state index in [9.17, 15) is 28.2 Å². The number of β-lactam (4-membered cyclic amide) rings is 1. The summed E-state index contributed by atoms with van der Waals surface area (Å²) >= 11 is 0. The number of benzene rings is 1. The van der Waals surface area contributed by atoms with E-state index < -0.39 is 39.8 Å². The van der Waals surface area contributed by atoms with Crippen molar-refractivity contribution in [3.8, 4) is 0 Å². The van der Waals surface area contributed by atoms with E-state index in [0.29, 0.717) is 5.56 Å². The second kappa shape index (κ2) is 7.32. The molecule has 2 heterocycles. The number of carboxylic acid groups (broad SMARTS) is 1. The van der Waals surface area contributed by atoms with Gasteiger partial charge in [0.15, 0.2) is 0 Å². The third-order valence-corrected chi connectivity index (χ3v) is 5.58. The molecule has 0 saturated carbocycles. The van der Waals surface area contributed by atoms with Gasteiger partial charge >= 0.3 is 39.7 Å². The monoisotopic (exact) mass is 389 g/mol. The van der Waals surface area contributed by atoms with E-state index in [-0.39, 0.29) is 58.6 Å². The first-order chi connectivity index (χ1) is 11.6. The molecule has 1 fully saturated rings. The van der Waals surface area contributed by atoms with Gasteiger partial charge in [-0.25, -0.2) is 0 Å². The van der Waals surface area contributed by atoms with E-state index in [0.717, 1.165) is 4.90 Å². The van der Waals surface area contributed by atoms with Crippen molar-refractivity contribution in [3.63, 3.8) is 0 Å². The molecule has 0 radical (unpaired) electrons. The molecule has 2 aliphatic rings. The zero-order valence-electron chi connectivity index (χ0n) is 14.6. The minimum absolute atomic E-state index is 0. The first kappa shape index (κ1) is 20.9. The summed E-state index contributed by atoms with van der Waals surface area (Å²) in [5.41, 5.74) is 0.223. The van der Waals surface area contributed by atoms with Gasteiger partial charge in [0.2, 0.25) is 5.91 Å². The second-order valence-electron chi connectivity index (χ2n) is 6.14. The van der Waals surface area contributed by atoms with Gasteiger partial charge in [-0.3, -0.25) is 4.79 Å². The first-order valence-corrected chi connectivity index (χ1v) is 9.02. The first-order valence-electron chi connectivity index (χ1n) is 7.61. The van der Waals surface area contributed by atoms with Crippen LogP contribution >= 0.6 is 0 Å². The van der Waals surface area contributed by atoms with Crippen LogP contribution in [-0.4, -0.2) is 36.3 Å². The van der Waals surface area contributed by atoms with Gasteiger partial charge in [0, 0.05) is 18.4 Å². The molecule has 0 bridgehead atoms. The van der Waals surface area contributed by atoms with Gasteiger partial charge in [-0.2, -0.15) is 8.42 Å². The summed E-state index contributed by atoms with van der Waals surface area (Å²) in [5, 5.41) is 21.1. The fraction of sp³-hybridized carbons (Fsp3) is 0.375. The molecular formula is C16H16NNaO7S. The standard InChI is InChI=1S/C16H17NO7S.Na/c1-8-3-4-11(9(2)18)13(5-8)25(22,23)24-12-6-10-7-14(19)17(10)15(12)16(20)21;/h3-5,9-10,18H,6-7H2,1-2H3,(H,20,21);/q;+1/p-1. The minimum Gasteiger partial charge on any atom is -0.543 e. The van der Waals surface area contributed by atoms with Crippen LogP contribution in [0.5, 0.6) is 0 Å². The number of hydrogen-bond donors (Lipinski definition) is 1. The van der Waals surface area contributed by atoms with E-state index in [1.165, 1.54) is 19.1 Å². The second-order valence-corrected chi connectivity index (χ2v) is 7.65. The number of aryl methyl sites for hydroxylation is 1. The van der Waals surface area contributed by atoms with Crippen LogP contribution in [-0.2, 0) is 23.9 Å². The molecule has 10 heteroatoms. The Hall–Kier alpha value is -1.39. The van der Waals surface area contributed by atoms with E-state index in [2.05, 4.69) is 0 Å². The van der Waals surface area contributed by atoms with Gasteiger partial charge in [0.05, 0.1) is 18.1 Å². The van der Waals surface area contributed by atoms with Crippen LogP contribution < -0.4 is 34.7 Å². The molecule has 1 N–H and O–H groups in total. The van der Waals surface area contributed by atoms with Gasteiger partial charge < -0.3 is 24.1 Å². The van der Waals surface area contributed by atoms with Crippen molar-refractivity contribution in [1.82, 2.24) is 4.90 Å². The maximum Gasteiger partial charge on any atom is 1.00 e. The summed E-state index contributed by atoms with van der Waals surface area (Å²) in [6.45, 7) is 3.09. The van der Waals surface area contributed by atoms with Crippen LogP contribution in [0.3, 0.4) is 0 Å². The van der Waals surface area contributed by atoms with Crippen molar-refractivity contribution < 1.29 is 62.0 Å². The normalized spacial score (nSPS) is 20.2. The Balaban J connectivity index is 0.00000243. The Morgan fingerprint density at radius 3 is 2.58 bits per heavy atom. The number of rotatable bonds is 5. The number of hydrogen-bond acceptors (Lipinski definition) is 7. The maximum atomic E-state index is 12.7. The molecular weight excluding hydrogens is 373 g/mol. The molecule has 26 heavy (non-hydrogen) atoms. The van der Waals surface area contributed by atoms with Crippen molar-refractivity contribution >= 4 is 22.0 Å². The molecule has 1 amide bonds. The number of nitrogens with zero attached hydrogens (tertiary/aromatic N) is 1. The number of carboxylic acids is 1. The van der Waals surface area contributed by atoms with Gasteiger partial charge in [-0.15, -0.1) is 0 Å². The molecule has 2 aliphatic heterocycles. The number of aliphatic hydroxyl groups is 1. The number of fused-ring (bicyclic) bond motifs is 1. The van der Waals surface area contributed by atoms with Crippen LogP contribution in [0.15, 0.2) is 34.6 Å². The summed E-state index contributed by atoms with van der Waals surface area (Å²) < 4.78 is 30.4. The predicted octanol–water partition coefficient (Wildman–Crippen LogP) is -3.28. The van der Waals surface area contributed by atoms with Crippen molar-refractivity contribution in [3.05, 3.63) is 40.8 Å². The predicted molar refractivity (Wildman–Crippen MR) is 82.0 cm³/mol. The molecule has 0 aliphatic carbocycles. The Kier molecular flexibility index (Phi) is 5.89. The summed E-state index contributed by atoms with van der Waals surface area (Å²) in [4.78, 5) is 23.6. The van der Waals surface area contributed by atoms with Crippen molar-refractivity contribution in [1.29, 1.82) is 0 Å². The number of carbonyl (C=O) groups excluding carboxylic acids is 2. The SMILES string of the molecule is Cc1ccc(C(C)O)c(S(=O)(=O)OC2=C(C(=O)[O-])N3C(=O)CC3C2)c1.[Na+]. The van der Waals surface area contributed by atoms with Crippen molar-refractivity contribution in [2.45, 2.75) is 43.7 Å². The number of carbonyl (C=O) groups is 2. The van der Waals surface area contributed by atoms with Crippen LogP contribution in [0, 0.1) is 6.92 Å². The molecule has 0 spiro atoms. The topological polar surface area (TPSA) is 124 Å². The summed E-state index contributed by atoms with van der Waals surface area (Å²) in [6, 6.07) is 4.04. The van der Waals surface area contributed by atoms with Crippen molar-refractivity contribution in [2.75, 3.05) is 0 Å². The average molecular weight is 389 g/mol. The van der Waals surface area contributed by atoms with Gasteiger partial charge in [-0.05, 0) is 25.5 Å². The van der Waals surface area contributed by atoms with E-state index in [1.807, 2.05) is 0 Å². The average Bonchev–Trinajstić information content (AvgIpc) is 2.78. The zero-order chi connectivity index (χ0) is 18.5. The number of aliphatic hydroxyl groups excluding tert-OH is 1.